The van der Waals surface area contributed by atoms with Crippen LogP contribution in [0.4, 0.5) is 10.1 Å². The number of benzene rings is 2. The fraction of sp³-hybridized carbons (Fsp3) is 0.280. The van der Waals surface area contributed by atoms with Crippen molar-refractivity contribution in [1.29, 1.82) is 0 Å². The SMILES string of the molecule is C[C@@H]1CN(C(=O)c2csc(-c3cccc([N+](=O)[O-])c3)n2)C[C@H](C)N1Cc1cn(-c2cccc(Br)c2F)nn1. The van der Waals surface area contributed by atoms with Crippen LogP contribution in [-0.2, 0) is 6.54 Å². The summed E-state index contributed by atoms with van der Waals surface area (Å²) in [4.78, 5) is 32.4. The van der Waals surface area contributed by atoms with Gasteiger partial charge in [-0.3, -0.25) is 19.8 Å². The van der Waals surface area contributed by atoms with Gasteiger partial charge in [-0.1, -0.05) is 23.4 Å². The number of rotatable bonds is 6. The summed E-state index contributed by atoms with van der Waals surface area (Å²) in [5.41, 5.74) is 1.91. The van der Waals surface area contributed by atoms with E-state index < -0.39 is 10.7 Å². The average Bonchev–Trinajstić information content (AvgIpc) is 3.58. The lowest BCUT2D eigenvalue weighted by Crippen LogP contribution is -2.57. The second-order valence-corrected chi connectivity index (χ2v) is 10.9. The molecular formula is C25H23BrFN7O3S. The highest BCUT2D eigenvalue weighted by Gasteiger charge is 2.33. The molecule has 0 N–H and O–H groups in total. The molecule has 0 spiro atoms. The number of aromatic nitrogens is 4. The van der Waals surface area contributed by atoms with Crippen molar-refractivity contribution in [3.63, 3.8) is 0 Å². The van der Waals surface area contributed by atoms with Crippen molar-refractivity contribution >= 4 is 38.9 Å². The van der Waals surface area contributed by atoms with Crippen LogP contribution in [0.2, 0.25) is 0 Å². The van der Waals surface area contributed by atoms with Crippen LogP contribution < -0.4 is 0 Å². The fourth-order valence-electron chi connectivity index (χ4n) is 4.60. The molecule has 13 heteroatoms. The summed E-state index contributed by atoms with van der Waals surface area (Å²) in [5, 5.41) is 21.7. The molecule has 2 aromatic heterocycles. The Morgan fingerprint density at radius 2 is 1.95 bits per heavy atom. The normalized spacial score (nSPS) is 18.1. The molecule has 196 valence electrons. The number of hydrogen-bond acceptors (Lipinski definition) is 8. The van der Waals surface area contributed by atoms with Crippen molar-refractivity contribution in [2.75, 3.05) is 13.1 Å². The van der Waals surface area contributed by atoms with Crippen molar-refractivity contribution in [2.45, 2.75) is 32.5 Å². The number of piperazine rings is 1. The van der Waals surface area contributed by atoms with Gasteiger partial charge in [0.2, 0.25) is 0 Å². The van der Waals surface area contributed by atoms with Crippen LogP contribution in [0.25, 0.3) is 16.3 Å². The van der Waals surface area contributed by atoms with Gasteiger partial charge in [-0.05, 0) is 41.9 Å². The third-order valence-corrected chi connectivity index (χ3v) is 7.98. The maximum Gasteiger partial charge on any atom is 0.273 e. The molecule has 0 unspecified atom stereocenters. The minimum absolute atomic E-state index is 0.0221. The Labute approximate surface area is 230 Å². The van der Waals surface area contributed by atoms with E-state index in [2.05, 4.69) is 36.1 Å². The summed E-state index contributed by atoms with van der Waals surface area (Å²) in [7, 11) is 0. The minimum Gasteiger partial charge on any atom is -0.334 e. The van der Waals surface area contributed by atoms with Gasteiger partial charge in [-0.2, -0.15) is 0 Å². The highest BCUT2D eigenvalue weighted by molar-refractivity contribution is 9.10. The Balaban J connectivity index is 1.26. The predicted molar refractivity (Wildman–Crippen MR) is 144 cm³/mol. The number of nitrogens with zero attached hydrogens (tertiary/aromatic N) is 7. The Kier molecular flexibility index (Phi) is 7.32. The van der Waals surface area contributed by atoms with Crippen LogP contribution >= 0.6 is 27.3 Å². The molecule has 2 aromatic carbocycles. The van der Waals surface area contributed by atoms with Crippen molar-refractivity contribution < 1.29 is 14.1 Å². The molecule has 2 atom stereocenters. The summed E-state index contributed by atoms with van der Waals surface area (Å²) in [6.45, 7) is 5.60. The number of halogens is 2. The number of carbonyl (C=O) groups is 1. The van der Waals surface area contributed by atoms with Crippen LogP contribution in [0.3, 0.4) is 0 Å². The van der Waals surface area contributed by atoms with Gasteiger partial charge in [0.1, 0.15) is 16.4 Å². The van der Waals surface area contributed by atoms with Crippen molar-refractivity contribution in [3.8, 4) is 16.3 Å². The van der Waals surface area contributed by atoms with Gasteiger partial charge in [0, 0.05) is 54.8 Å². The molecule has 3 heterocycles. The topological polar surface area (TPSA) is 110 Å². The third-order valence-electron chi connectivity index (χ3n) is 6.48. The molecule has 0 bridgehead atoms. The number of thiazole rings is 1. The smallest absolute Gasteiger partial charge is 0.273 e. The molecule has 1 fully saturated rings. The fourth-order valence-corrected chi connectivity index (χ4v) is 5.74. The number of non-ortho nitro benzene ring substituents is 1. The standard InChI is InChI=1S/C25H23BrFN7O3S/c1-15-10-31(25(35)21-14-38-24(28-21)17-5-3-6-19(9-17)34(36)37)11-16(2)32(15)12-18-13-33(30-29-18)22-8-4-7-20(26)23(22)27/h3-9,13-16H,10-12H2,1-2H3/t15-,16+. The van der Waals surface area contributed by atoms with E-state index >= 15 is 0 Å². The van der Waals surface area contributed by atoms with Crippen LogP contribution in [-0.4, -0.2) is 65.8 Å². The molecule has 1 amide bonds. The van der Waals surface area contributed by atoms with Gasteiger partial charge in [-0.15, -0.1) is 16.4 Å². The van der Waals surface area contributed by atoms with Crippen molar-refractivity contribution in [3.05, 3.63) is 85.8 Å². The second kappa shape index (κ2) is 10.7. The summed E-state index contributed by atoms with van der Waals surface area (Å²) < 4.78 is 16.2. The zero-order chi connectivity index (χ0) is 27.0. The van der Waals surface area contributed by atoms with Gasteiger partial charge in [0.15, 0.2) is 5.82 Å². The third kappa shape index (κ3) is 5.22. The number of nitro groups is 1. The van der Waals surface area contributed by atoms with E-state index in [-0.39, 0.29) is 23.7 Å². The first-order chi connectivity index (χ1) is 18.2. The van der Waals surface area contributed by atoms with Crippen LogP contribution in [0, 0.1) is 15.9 Å². The first-order valence-corrected chi connectivity index (χ1v) is 13.5. The van der Waals surface area contributed by atoms with E-state index in [1.54, 1.807) is 46.8 Å². The van der Waals surface area contributed by atoms with Gasteiger partial charge < -0.3 is 4.90 Å². The molecular weight excluding hydrogens is 577 g/mol. The molecule has 1 aliphatic rings. The van der Waals surface area contributed by atoms with Crippen LogP contribution in [0.15, 0.2) is 58.5 Å². The highest BCUT2D eigenvalue weighted by Crippen LogP contribution is 2.28. The molecule has 4 aromatic rings. The lowest BCUT2D eigenvalue weighted by Gasteiger charge is -2.44. The van der Waals surface area contributed by atoms with Gasteiger partial charge in [-0.25, -0.2) is 14.1 Å². The molecule has 38 heavy (non-hydrogen) atoms. The summed E-state index contributed by atoms with van der Waals surface area (Å²) in [6.07, 6.45) is 1.71. The first kappa shape index (κ1) is 26.1. The van der Waals surface area contributed by atoms with Gasteiger partial charge in [0.25, 0.3) is 11.6 Å². The lowest BCUT2D eigenvalue weighted by molar-refractivity contribution is -0.384. The lowest BCUT2D eigenvalue weighted by atomic mass is 10.1. The predicted octanol–water partition coefficient (Wildman–Crippen LogP) is 4.94. The minimum atomic E-state index is -0.453. The van der Waals surface area contributed by atoms with E-state index in [0.717, 1.165) is 0 Å². The van der Waals surface area contributed by atoms with E-state index in [0.29, 0.717) is 51.8 Å². The molecule has 1 aliphatic heterocycles. The van der Waals surface area contributed by atoms with Crippen molar-refractivity contribution in [1.82, 2.24) is 29.8 Å². The monoisotopic (exact) mass is 599 g/mol. The number of hydrogen-bond donors (Lipinski definition) is 0. The average molecular weight is 600 g/mol. The largest absolute Gasteiger partial charge is 0.334 e. The van der Waals surface area contributed by atoms with E-state index in [1.165, 1.54) is 28.2 Å². The molecule has 0 saturated carbocycles. The highest BCUT2D eigenvalue weighted by atomic mass is 79.9. The Morgan fingerprint density at radius 1 is 1.21 bits per heavy atom. The number of carbonyl (C=O) groups excluding carboxylic acids is 1. The zero-order valence-corrected chi connectivity index (χ0v) is 22.9. The molecule has 10 nitrogen and oxygen atoms in total. The molecule has 0 aliphatic carbocycles. The van der Waals surface area contributed by atoms with Crippen molar-refractivity contribution in [2.24, 2.45) is 0 Å². The van der Waals surface area contributed by atoms with E-state index in [9.17, 15) is 19.3 Å². The molecule has 1 saturated heterocycles. The number of amides is 1. The van der Waals surface area contributed by atoms with E-state index in [4.69, 9.17) is 0 Å². The summed E-state index contributed by atoms with van der Waals surface area (Å²) in [5.74, 6) is -0.583. The maximum atomic E-state index is 14.5. The zero-order valence-electron chi connectivity index (χ0n) is 20.5. The van der Waals surface area contributed by atoms with Crippen LogP contribution in [0.5, 0.6) is 0 Å². The van der Waals surface area contributed by atoms with Gasteiger partial charge in [0.05, 0.1) is 21.3 Å². The summed E-state index contributed by atoms with van der Waals surface area (Å²) in [6, 6.07) is 11.3. The Bertz CT molecular complexity index is 1500. The Hall–Kier alpha value is -3.55. The first-order valence-electron chi connectivity index (χ1n) is 11.8. The quantitative estimate of drug-likeness (QED) is 0.228. The Morgan fingerprint density at radius 3 is 2.68 bits per heavy atom. The second-order valence-electron chi connectivity index (χ2n) is 9.15. The van der Waals surface area contributed by atoms with Crippen LogP contribution in [0.1, 0.15) is 30.0 Å². The van der Waals surface area contributed by atoms with E-state index in [1.807, 2.05) is 13.8 Å². The molecule has 0 radical (unpaired) electrons. The maximum absolute atomic E-state index is 14.5. The summed E-state index contributed by atoms with van der Waals surface area (Å²) >= 11 is 4.48. The van der Waals surface area contributed by atoms with Gasteiger partial charge >= 0.3 is 0 Å². The molecule has 5 rings (SSSR count). The number of nitro benzene ring substituents is 1.